The van der Waals surface area contributed by atoms with Gasteiger partial charge >= 0.3 is 0 Å². The lowest BCUT2D eigenvalue weighted by Gasteiger charge is -2.41. The average molecular weight is 285 g/mol. The zero-order valence-corrected chi connectivity index (χ0v) is 12.4. The summed E-state index contributed by atoms with van der Waals surface area (Å²) < 4.78 is 5.39. The first-order valence-corrected chi connectivity index (χ1v) is 7.65. The van der Waals surface area contributed by atoms with Crippen LogP contribution in [0.15, 0.2) is 47.6 Å². The summed E-state index contributed by atoms with van der Waals surface area (Å²) >= 11 is 0. The van der Waals surface area contributed by atoms with Crippen LogP contribution in [-0.4, -0.2) is 29.7 Å². The zero-order valence-electron chi connectivity index (χ0n) is 12.4. The van der Waals surface area contributed by atoms with Gasteiger partial charge in [0, 0.05) is 23.9 Å². The highest BCUT2D eigenvalue weighted by molar-refractivity contribution is 5.77. The lowest BCUT2D eigenvalue weighted by Crippen LogP contribution is -2.44. The van der Waals surface area contributed by atoms with Gasteiger partial charge in [-0.2, -0.15) is 0 Å². The number of likely N-dealkylation sites (tertiary alicyclic amines) is 1. The Morgan fingerprint density at radius 3 is 3.10 bits per heavy atom. The first kappa shape index (κ1) is 14.4. The molecule has 1 N–H and O–H groups in total. The predicted octanol–water partition coefficient (Wildman–Crippen LogP) is 3.58. The molecular formula is C18H23NO2. The van der Waals surface area contributed by atoms with E-state index < -0.39 is 0 Å². The number of benzene rings is 1. The molecular weight excluding hydrogens is 262 g/mol. The molecule has 0 amide bonds. The van der Waals surface area contributed by atoms with Crippen molar-refractivity contribution in [3.05, 3.63) is 48.7 Å². The van der Waals surface area contributed by atoms with Gasteiger partial charge in [0.2, 0.25) is 0 Å². The number of hydrogen-bond acceptors (Lipinski definition) is 3. The van der Waals surface area contributed by atoms with E-state index in [1.807, 2.05) is 18.2 Å². The van der Waals surface area contributed by atoms with Crippen LogP contribution in [0.25, 0.3) is 11.0 Å². The first-order chi connectivity index (χ1) is 10.2. The molecule has 2 heterocycles. The number of piperidine rings is 1. The molecule has 3 rings (SSSR count). The minimum Gasteiger partial charge on any atom is -0.464 e. The van der Waals surface area contributed by atoms with Crippen LogP contribution in [0, 0.1) is 5.41 Å². The van der Waals surface area contributed by atoms with E-state index >= 15 is 0 Å². The number of aliphatic hydroxyl groups is 1. The van der Waals surface area contributed by atoms with Crippen molar-refractivity contribution in [1.29, 1.82) is 0 Å². The number of nitrogens with zero attached hydrogens (tertiary/aromatic N) is 1. The van der Waals surface area contributed by atoms with Crippen LogP contribution in [0.4, 0.5) is 0 Å². The van der Waals surface area contributed by atoms with Crippen LogP contribution in [-0.2, 0) is 6.54 Å². The van der Waals surface area contributed by atoms with Crippen molar-refractivity contribution >= 4 is 11.0 Å². The molecule has 1 aliphatic heterocycles. The van der Waals surface area contributed by atoms with E-state index in [1.165, 1.54) is 5.56 Å². The highest BCUT2D eigenvalue weighted by Gasteiger charge is 2.33. The van der Waals surface area contributed by atoms with Gasteiger partial charge in [0.1, 0.15) is 5.58 Å². The SMILES string of the molecule is C=CC[C@]1(CO)CCCN(Cc2ccc3occc3c2)C1. The maximum atomic E-state index is 9.78. The number of aliphatic hydroxyl groups excluding tert-OH is 1. The molecule has 0 saturated carbocycles. The van der Waals surface area contributed by atoms with Gasteiger partial charge < -0.3 is 9.52 Å². The summed E-state index contributed by atoms with van der Waals surface area (Å²) in [7, 11) is 0. The molecule has 0 bridgehead atoms. The Hall–Kier alpha value is -1.58. The minimum absolute atomic E-state index is 0.000256. The van der Waals surface area contributed by atoms with E-state index in [4.69, 9.17) is 4.42 Å². The highest BCUT2D eigenvalue weighted by Crippen LogP contribution is 2.34. The lowest BCUT2D eigenvalue weighted by atomic mass is 9.78. The number of allylic oxidation sites excluding steroid dienone is 1. The van der Waals surface area contributed by atoms with E-state index in [1.54, 1.807) is 6.26 Å². The molecule has 21 heavy (non-hydrogen) atoms. The quantitative estimate of drug-likeness (QED) is 0.853. The van der Waals surface area contributed by atoms with E-state index in [0.29, 0.717) is 0 Å². The van der Waals surface area contributed by atoms with Gasteiger partial charge in [-0.05, 0) is 49.6 Å². The van der Waals surface area contributed by atoms with E-state index in [2.05, 4.69) is 23.6 Å². The normalized spacial score (nSPS) is 23.5. The van der Waals surface area contributed by atoms with Crippen LogP contribution >= 0.6 is 0 Å². The molecule has 1 atom stereocenters. The van der Waals surface area contributed by atoms with Crippen molar-refractivity contribution in [3.63, 3.8) is 0 Å². The molecule has 0 spiro atoms. The molecule has 2 aromatic rings. The second-order valence-corrected chi connectivity index (χ2v) is 6.26. The standard InChI is InChI=1S/C18H23NO2/c1-2-7-18(14-20)8-3-9-19(13-18)12-15-4-5-17-16(11-15)6-10-21-17/h2,4-6,10-11,20H,1,3,7-9,12-14H2/t18-/m0/s1. The lowest BCUT2D eigenvalue weighted by molar-refractivity contribution is 0.0309. The maximum absolute atomic E-state index is 9.78. The van der Waals surface area contributed by atoms with Gasteiger partial charge in [-0.25, -0.2) is 0 Å². The summed E-state index contributed by atoms with van der Waals surface area (Å²) in [5.41, 5.74) is 2.24. The molecule has 112 valence electrons. The van der Waals surface area contributed by atoms with Crippen molar-refractivity contribution < 1.29 is 9.52 Å². The van der Waals surface area contributed by atoms with Crippen LogP contribution in [0.2, 0.25) is 0 Å². The summed E-state index contributed by atoms with van der Waals surface area (Å²) in [6, 6.07) is 8.37. The van der Waals surface area contributed by atoms with Gasteiger partial charge in [-0.1, -0.05) is 12.1 Å². The summed E-state index contributed by atoms with van der Waals surface area (Å²) in [4.78, 5) is 2.45. The van der Waals surface area contributed by atoms with Gasteiger partial charge in [-0.15, -0.1) is 6.58 Å². The van der Waals surface area contributed by atoms with Gasteiger partial charge in [0.05, 0.1) is 12.9 Å². The summed E-state index contributed by atoms with van der Waals surface area (Å²) in [5.74, 6) is 0. The third-order valence-corrected chi connectivity index (χ3v) is 4.58. The molecule has 3 nitrogen and oxygen atoms in total. The van der Waals surface area contributed by atoms with Crippen LogP contribution in [0.1, 0.15) is 24.8 Å². The molecule has 1 fully saturated rings. The summed E-state index contributed by atoms with van der Waals surface area (Å²) in [6.45, 7) is 7.06. The Balaban J connectivity index is 1.72. The molecule has 0 unspecified atom stereocenters. The van der Waals surface area contributed by atoms with Crippen molar-refractivity contribution in [2.75, 3.05) is 19.7 Å². The van der Waals surface area contributed by atoms with Crippen molar-refractivity contribution in [1.82, 2.24) is 4.90 Å². The van der Waals surface area contributed by atoms with E-state index in [-0.39, 0.29) is 12.0 Å². The fraction of sp³-hybridized carbons (Fsp3) is 0.444. The highest BCUT2D eigenvalue weighted by atomic mass is 16.3. The summed E-state index contributed by atoms with van der Waals surface area (Å²) in [6.07, 6.45) is 6.80. The van der Waals surface area contributed by atoms with Crippen LogP contribution in [0.5, 0.6) is 0 Å². The third kappa shape index (κ3) is 3.04. The molecule has 1 aromatic heterocycles. The Labute approximate surface area is 125 Å². The van der Waals surface area contributed by atoms with Crippen molar-refractivity contribution in [2.45, 2.75) is 25.8 Å². The Morgan fingerprint density at radius 2 is 2.29 bits per heavy atom. The van der Waals surface area contributed by atoms with Gasteiger partial charge in [-0.3, -0.25) is 4.90 Å². The van der Waals surface area contributed by atoms with Crippen LogP contribution < -0.4 is 0 Å². The summed E-state index contributed by atoms with van der Waals surface area (Å²) in [5, 5.41) is 10.9. The Bertz CT molecular complexity index is 618. The van der Waals surface area contributed by atoms with Crippen molar-refractivity contribution in [2.24, 2.45) is 5.41 Å². The second kappa shape index (κ2) is 6.04. The number of furan rings is 1. The van der Waals surface area contributed by atoms with Crippen LogP contribution in [0.3, 0.4) is 0 Å². The Morgan fingerprint density at radius 1 is 1.38 bits per heavy atom. The fourth-order valence-corrected chi connectivity index (χ4v) is 3.48. The monoisotopic (exact) mass is 285 g/mol. The minimum atomic E-state index is -0.000256. The fourth-order valence-electron chi connectivity index (χ4n) is 3.48. The number of rotatable bonds is 5. The Kier molecular flexibility index (Phi) is 4.13. The smallest absolute Gasteiger partial charge is 0.133 e. The number of hydrogen-bond donors (Lipinski definition) is 1. The molecule has 1 aromatic carbocycles. The molecule has 3 heteroatoms. The molecule has 1 saturated heterocycles. The molecule has 0 aliphatic carbocycles. The second-order valence-electron chi connectivity index (χ2n) is 6.26. The molecule has 0 radical (unpaired) electrons. The number of fused-ring (bicyclic) bond motifs is 1. The van der Waals surface area contributed by atoms with Crippen molar-refractivity contribution in [3.8, 4) is 0 Å². The largest absolute Gasteiger partial charge is 0.464 e. The van der Waals surface area contributed by atoms with E-state index in [0.717, 1.165) is 49.9 Å². The predicted molar refractivity (Wildman–Crippen MR) is 85.1 cm³/mol. The van der Waals surface area contributed by atoms with E-state index in [9.17, 15) is 5.11 Å². The van der Waals surface area contributed by atoms with Gasteiger partial charge in [0.15, 0.2) is 0 Å². The van der Waals surface area contributed by atoms with Gasteiger partial charge in [0.25, 0.3) is 0 Å². The molecule has 1 aliphatic rings. The first-order valence-electron chi connectivity index (χ1n) is 7.65. The average Bonchev–Trinajstić information content (AvgIpc) is 2.95. The zero-order chi connectivity index (χ0) is 14.7. The topological polar surface area (TPSA) is 36.6 Å². The third-order valence-electron chi connectivity index (χ3n) is 4.58. The maximum Gasteiger partial charge on any atom is 0.133 e.